The van der Waals surface area contributed by atoms with Crippen LogP contribution in [-0.2, 0) is 30.7 Å². The van der Waals surface area contributed by atoms with Gasteiger partial charge in [0.15, 0.2) is 17.8 Å². The van der Waals surface area contributed by atoms with E-state index in [2.05, 4.69) is 15.6 Å². The first-order valence-corrected chi connectivity index (χ1v) is 19.1. The molecule has 3 N–H and O–H groups in total. The van der Waals surface area contributed by atoms with E-state index >= 15 is 0 Å². The molecule has 0 spiro atoms. The number of ether oxygens (including phenoxy) is 6. The molecule has 2 saturated heterocycles. The molecule has 6 rings (SSSR count). The predicted molar refractivity (Wildman–Crippen MR) is 191 cm³/mol. The zero-order valence-corrected chi connectivity index (χ0v) is 30.5. The van der Waals surface area contributed by atoms with Crippen molar-refractivity contribution in [2.45, 2.75) is 62.5 Å². The first-order chi connectivity index (χ1) is 25.6. The third-order valence-electron chi connectivity index (χ3n) is 9.12. The van der Waals surface area contributed by atoms with Gasteiger partial charge in [0.1, 0.15) is 23.7 Å². The van der Waals surface area contributed by atoms with Gasteiger partial charge in [0, 0.05) is 31.9 Å². The van der Waals surface area contributed by atoms with Crippen LogP contribution in [-0.4, -0.2) is 99.7 Å². The lowest BCUT2D eigenvalue weighted by Gasteiger charge is -2.31. The lowest BCUT2D eigenvalue weighted by atomic mass is 10.0. The Bertz CT molecular complexity index is 1840. The van der Waals surface area contributed by atoms with Gasteiger partial charge >= 0.3 is 6.09 Å². The monoisotopic (exact) mass is 751 g/mol. The van der Waals surface area contributed by atoms with Crippen molar-refractivity contribution < 1.29 is 46.7 Å². The van der Waals surface area contributed by atoms with Crippen LogP contribution in [0.3, 0.4) is 0 Å². The summed E-state index contributed by atoms with van der Waals surface area (Å²) in [4.78, 5) is 17.5. The second-order valence-corrected chi connectivity index (χ2v) is 15.5. The van der Waals surface area contributed by atoms with Crippen molar-refractivity contribution in [1.82, 2.24) is 14.6 Å². The largest absolute Gasteiger partial charge is 0.494 e. The summed E-state index contributed by atoms with van der Waals surface area (Å²) in [5.41, 5.74) is 1.27. The van der Waals surface area contributed by atoms with Gasteiger partial charge in [-0.15, -0.1) is 0 Å². The second-order valence-electron chi connectivity index (χ2n) is 13.5. The van der Waals surface area contributed by atoms with Gasteiger partial charge in [-0.2, -0.15) is 9.57 Å². The Morgan fingerprint density at radius 1 is 1.09 bits per heavy atom. The maximum Gasteiger partial charge on any atom is 0.407 e. The molecule has 4 heterocycles. The minimum absolute atomic E-state index is 0.00162. The number of amides is 1. The number of anilines is 1. The fourth-order valence-corrected chi connectivity index (χ4v) is 8.01. The molecule has 284 valence electrons. The second kappa shape index (κ2) is 17.4. The van der Waals surface area contributed by atoms with E-state index in [0.29, 0.717) is 61.2 Å². The Balaban J connectivity index is 1.11. The van der Waals surface area contributed by atoms with E-state index in [0.717, 1.165) is 5.56 Å². The average molecular weight is 752 g/mol. The van der Waals surface area contributed by atoms with Crippen molar-refractivity contribution in [3.8, 4) is 23.3 Å². The molecule has 0 radical (unpaired) electrons. The first-order valence-electron chi connectivity index (χ1n) is 17.7. The normalized spacial score (nSPS) is 20.1. The van der Waals surface area contributed by atoms with E-state index in [1.807, 2.05) is 32.0 Å². The van der Waals surface area contributed by atoms with E-state index in [1.165, 1.54) is 22.6 Å². The van der Waals surface area contributed by atoms with Crippen molar-refractivity contribution >= 4 is 21.9 Å². The number of nitriles is 1. The summed E-state index contributed by atoms with van der Waals surface area (Å²) in [6.07, 6.45) is 0.121. The molecule has 0 aliphatic carbocycles. The van der Waals surface area contributed by atoms with Crippen LogP contribution in [0.5, 0.6) is 17.2 Å². The van der Waals surface area contributed by atoms with Crippen LogP contribution in [0.2, 0.25) is 0 Å². The number of aliphatic hydroxyl groups excluding tert-OH is 1. The third-order valence-corrected chi connectivity index (χ3v) is 10.9. The SMILES string of the molecule is CC(C)CN(C[C@@H](O)[C@H](Cc1ccc(OCCCNc2ccc(C#N)cn2)cc1)NC(=O)OC1COC2OCCC12)S(=O)(=O)c1ccc2c(c1)OCO2. The van der Waals surface area contributed by atoms with E-state index < -0.39 is 40.7 Å². The molecule has 3 aliphatic heterocycles. The number of aromatic nitrogens is 1. The number of hydrogen-bond acceptors (Lipinski definition) is 13. The number of fused-ring (bicyclic) bond motifs is 2. The van der Waals surface area contributed by atoms with E-state index in [1.54, 1.807) is 30.3 Å². The lowest BCUT2D eigenvalue weighted by Crippen LogP contribution is -2.51. The van der Waals surface area contributed by atoms with Crippen molar-refractivity contribution in [2.24, 2.45) is 11.8 Å². The highest BCUT2D eigenvalue weighted by atomic mass is 32.2. The molecule has 3 aliphatic rings. The zero-order chi connectivity index (χ0) is 37.4. The summed E-state index contributed by atoms with van der Waals surface area (Å²) in [6.45, 7) is 5.40. The van der Waals surface area contributed by atoms with Crippen LogP contribution in [0.4, 0.5) is 10.6 Å². The Labute approximate surface area is 309 Å². The first kappa shape index (κ1) is 38.1. The average Bonchev–Trinajstić information content (AvgIpc) is 3.90. The molecule has 5 atom stereocenters. The van der Waals surface area contributed by atoms with Crippen LogP contribution >= 0.6 is 0 Å². The van der Waals surface area contributed by atoms with Gasteiger partial charge in [0.05, 0.1) is 48.3 Å². The van der Waals surface area contributed by atoms with Gasteiger partial charge in [0.25, 0.3) is 0 Å². The Morgan fingerprint density at radius 2 is 1.91 bits per heavy atom. The number of rotatable bonds is 17. The highest BCUT2D eigenvalue weighted by Gasteiger charge is 2.44. The van der Waals surface area contributed by atoms with Crippen molar-refractivity contribution in [2.75, 3.05) is 51.6 Å². The zero-order valence-electron chi connectivity index (χ0n) is 29.7. The topological polar surface area (TPSA) is 191 Å². The number of aliphatic hydroxyl groups is 1. The molecule has 2 aromatic carbocycles. The van der Waals surface area contributed by atoms with Crippen molar-refractivity contribution in [1.29, 1.82) is 5.26 Å². The number of nitrogens with zero attached hydrogens (tertiary/aromatic N) is 3. The van der Waals surface area contributed by atoms with E-state index in [4.69, 9.17) is 33.7 Å². The number of sulfonamides is 1. The summed E-state index contributed by atoms with van der Waals surface area (Å²) in [5.74, 6) is 1.95. The van der Waals surface area contributed by atoms with Crippen LogP contribution < -0.4 is 24.8 Å². The van der Waals surface area contributed by atoms with Gasteiger partial charge in [-0.1, -0.05) is 26.0 Å². The summed E-state index contributed by atoms with van der Waals surface area (Å²) >= 11 is 0. The van der Waals surface area contributed by atoms with E-state index in [9.17, 15) is 18.3 Å². The lowest BCUT2D eigenvalue weighted by molar-refractivity contribution is -0.0907. The maximum atomic E-state index is 14.0. The van der Waals surface area contributed by atoms with Crippen molar-refractivity contribution in [3.63, 3.8) is 0 Å². The molecular weight excluding hydrogens is 706 g/mol. The quantitative estimate of drug-likeness (QED) is 0.170. The molecule has 3 aromatic rings. The standard InChI is InChI=1S/C37H45N5O10S/c1-24(2)20-42(53(45,46)28-9-10-32-33(17-28)51-23-50-32)21-31(43)30(41-37(44)52-34-22-49-36-29(34)12-15-48-36)16-25-4-7-27(8-5-25)47-14-3-13-39-35-11-6-26(18-38)19-40-35/h4-11,17,19,24,29-31,34,36,43H,3,12-16,20-23H2,1-2H3,(H,39,40)(H,41,44)/t29?,30-,31+,34?,36?/m0/s1. The molecule has 0 saturated carbocycles. The highest BCUT2D eigenvalue weighted by Crippen LogP contribution is 2.35. The summed E-state index contributed by atoms with van der Waals surface area (Å²) < 4.78 is 62.7. The molecule has 16 heteroatoms. The number of benzene rings is 2. The fraction of sp³-hybridized carbons (Fsp3) is 0.486. The van der Waals surface area contributed by atoms with Gasteiger partial charge in [-0.05, 0) is 67.1 Å². The Kier molecular flexibility index (Phi) is 12.5. The van der Waals surface area contributed by atoms with Crippen LogP contribution in [0.25, 0.3) is 0 Å². The Morgan fingerprint density at radius 3 is 2.66 bits per heavy atom. The molecule has 3 unspecified atom stereocenters. The Hall–Kier alpha value is -4.66. The molecule has 1 amide bonds. The molecule has 0 bridgehead atoms. The fourth-order valence-electron chi connectivity index (χ4n) is 6.37. The third kappa shape index (κ3) is 9.86. The molecule has 53 heavy (non-hydrogen) atoms. The predicted octanol–water partition coefficient (Wildman–Crippen LogP) is 3.67. The van der Waals surface area contributed by atoms with Gasteiger partial charge < -0.3 is 44.2 Å². The molecule has 2 fully saturated rings. The smallest absolute Gasteiger partial charge is 0.407 e. The summed E-state index contributed by atoms with van der Waals surface area (Å²) in [7, 11) is -4.09. The van der Waals surface area contributed by atoms with Crippen molar-refractivity contribution in [3.05, 3.63) is 71.9 Å². The number of alkyl carbamates (subject to hydrolysis) is 1. The summed E-state index contributed by atoms with van der Waals surface area (Å²) in [6, 6.07) is 16.3. The van der Waals surface area contributed by atoms with Gasteiger partial charge in [-0.3, -0.25) is 0 Å². The van der Waals surface area contributed by atoms with Crippen LogP contribution in [0.15, 0.2) is 65.7 Å². The maximum absolute atomic E-state index is 14.0. The highest BCUT2D eigenvalue weighted by molar-refractivity contribution is 7.89. The minimum Gasteiger partial charge on any atom is -0.494 e. The summed E-state index contributed by atoms with van der Waals surface area (Å²) in [5, 5.41) is 26.6. The van der Waals surface area contributed by atoms with E-state index in [-0.39, 0.29) is 49.6 Å². The van der Waals surface area contributed by atoms with Gasteiger partial charge in [0.2, 0.25) is 16.8 Å². The molecule has 1 aromatic heterocycles. The number of hydrogen-bond donors (Lipinski definition) is 3. The number of carbonyl (C=O) groups excluding carboxylic acids is 1. The number of carbonyl (C=O) groups is 1. The molecule has 15 nitrogen and oxygen atoms in total. The van der Waals surface area contributed by atoms with Crippen LogP contribution in [0.1, 0.15) is 37.8 Å². The number of pyridine rings is 1. The molecular formula is C37H45N5O10S. The minimum atomic E-state index is -4.09. The number of nitrogens with one attached hydrogen (secondary N) is 2. The van der Waals surface area contributed by atoms with Gasteiger partial charge in [-0.25, -0.2) is 18.2 Å². The van der Waals surface area contributed by atoms with Crippen LogP contribution in [0, 0.1) is 23.2 Å².